The van der Waals surface area contributed by atoms with Crippen molar-refractivity contribution in [3.05, 3.63) is 21.1 Å². The van der Waals surface area contributed by atoms with Crippen LogP contribution in [-0.2, 0) is 9.53 Å². The van der Waals surface area contributed by atoms with E-state index in [-0.39, 0.29) is 6.54 Å². The molecule has 1 rings (SSSR count). The van der Waals surface area contributed by atoms with E-state index in [1.807, 2.05) is 0 Å². The van der Waals surface area contributed by atoms with Gasteiger partial charge < -0.3 is 25.2 Å². The molecule has 0 saturated heterocycles. The predicted molar refractivity (Wildman–Crippen MR) is 83.8 cm³/mol. The maximum atomic E-state index is 11.7. The van der Waals surface area contributed by atoms with E-state index in [1.165, 1.54) is 14.2 Å². The molecule has 2 amide bonds. The highest BCUT2D eigenvalue weighted by molar-refractivity contribution is 9.11. The summed E-state index contributed by atoms with van der Waals surface area (Å²) >= 11 is 6.63. The van der Waals surface area contributed by atoms with Crippen molar-refractivity contribution >= 4 is 49.5 Å². The highest BCUT2D eigenvalue weighted by Gasteiger charge is 2.17. The molecule has 0 aromatic heterocycles. The molecule has 116 valence electrons. The number of nitrogens with one attached hydrogen (secondary N) is 2. The van der Waals surface area contributed by atoms with E-state index in [2.05, 4.69) is 42.5 Å². The quantitative estimate of drug-likeness (QED) is 0.650. The lowest BCUT2D eigenvalue weighted by Gasteiger charge is -2.14. The number of benzene rings is 1. The summed E-state index contributed by atoms with van der Waals surface area (Å²) in [5, 5.41) is 13.8. The van der Waals surface area contributed by atoms with Gasteiger partial charge in [0.2, 0.25) is 0 Å². The number of aliphatic carboxylic acids is 1. The third-order valence-electron chi connectivity index (χ3n) is 2.50. The average Bonchev–Trinajstić information content (AvgIpc) is 2.42. The summed E-state index contributed by atoms with van der Waals surface area (Å²) in [7, 11) is 2.77. The second-order valence-corrected chi connectivity index (χ2v) is 5.57. The smallest absolute Gasteiger partial charge is 0.334 e. The zero-order valence-electron chi connectivity index (χ0n) is 11.3. The summed E-state index contributed by atoms with van der Waals surface area (Å²) in [5.74, 6) is -0.599. The van der Waals surface area contributed by atoms with Gasteiger partial charge in [-0.15, -0.1) is 0 Å². The number of carboxylic acids is 1. The maximum Gasteiger partial charge on any atom is 0.334 e. The number of ether oxygens (including phenoxy) is 2. The van der Waals surface area contributed by atoms with E-state index in [1.54, 1.807) is 12.1 Å². The van der Waals surface area contributed by atoms with E-state index in [0.717, 1.165) is 4.47 Å². The molecule has 3 N–H and O–H groups in total. The fourth-order valence-corrected chi connectivity index (χ4v) is 2.66. The Morgan fingerprint density at radius 3 is 2.48 bits per heavy atom. The van der Waals surface area contributed by atoms with Gasteiger partial charge in [0, 0.05) is 17.6 Å². The molecule has 0 radical (unpaired) electrons. The van der Waals surface area contributed by atoms with Crippen molar-refractivity contribution in [3.8, 4) is 5.75 Å². The van der Waals surface area contributed by atoms with Gasteiger partial charge in [-0.3, -0.25) is 0 Å². The van der Waals surface area contributed by atoms with Crippen LogP contribution in [0, 0.1) is 0 Å². The fourth-order valence-electron chi connectivity index (χ4n) is 1.40. The van der Waals surface area contributed by atoms with Crippen LogP contribution in [0.15, 0.2) is 21.1 Å². The molecule has 0 spiro atoms. The van der Waals surface area contributed by atoms with Gasteiger partial charge in [0.15, 0.2) is 6.10 Å². The number of hydrogen-bond donors (Lipinski definition) is 3. The lowest BCUT2D eigenvalue weighted by Crippen LogP contribution is -2.39. The molecule has 21 heavy (non-hydrogen) atoms. The van der Waals surface area contributed by atoms with Crippen molar-refractivity contribution in [3.63, 3.8) is 0 Å². The highest BCUT2D eigenvalue weighted by Crippen LogP contribution is 2.34. The Kier molecular flexibility index (Phi) is 6.93. The van der Waals surface area contributed by atoms with Crippen LogP contribution >= 0.6 is 31.9 Å². The predicted octanol–water partition coefficient (Wildman–Crippen LogP) is 2.44. The van der Waals surface area contributed by atoms with Gasteiger partial charge >= 0.3 is 12.0 Å². The molecular formula is C12H14Br2N2O5. The monoisotopic (exact) mass is 424 g/mol. The van der Waals surface area contributed by atoms with Gasteiger partial charge in [0.25, 0.3) is 0 Å². The van der Waals surface area contributed by atoms with Crippen molar-refractivity contribution in [2.45, 2.75) is 6.10 Å². The highest BCUT2D eigenvalue weighted by atomic mass is 79.9. The summed E-state index contributed by atoms with van der Waals surface area (Å²) in [5.41, 5.74) is 0.483. The standard InChI is InChI=1S/C12H14Br2N2O5/c1-20-9-4-8(6(13)3-7(9)14)16-12(19)15-5-10(21-2)11(17)18/h3-4,10H,5H2,1-2H3,(H,17,18)(H2,15,16,19). The Morgan fingerprint density at radius 2 is 1.95 bits per heavy atom. The van der Waals surface area contributed by atoms with Crippen LogP contribution in [0.5, 0.6) is 5.75 Å². The number of methoxy groups -OCH3 is 2. The fraction of sp³-hybridized carbons (Fsp3) is 0.333. The van der Waals surface area contributed by atoms with Gasteiger partial charge in [-0.25, -0.2) is 9.59 Å². The molecule has 0 heterocycles. The number of carboxylic acid groups (broad SMARTS) is 1. The van der Waals surface area contributed by atoms with Crippen molar-refractivity contribution < 1.29 is 24.2 Å². The van der Waals surface area contributed by atoms with E-state index < -0.39 is 18.1 Å². The number of carbonyl (C=O) groups is 2. The van der Waals surface area contributed by atoms with Gasteiger partial charge in [-0.1, -0.05) is 0 Å². The van der Waals surface area contributed by atoms with Crippen molar-refractivity contribution in [2.24, 2.45) is 0 Å². The zero-order chi connectivity index (χ0) is 16.0. The number of rotatable bonds is 6. The molecule has 9 heteroatoms. The molecular weight excluding hydrogens is 412 g/mol. The maximum absolute atomic E-state index is 11.7. The van der Waals surface area contributed by atoms with E-state index in [9.17, 15) is 9.59 Å². The molecule has 0 aliphatic heterocycles. The summed E-state index contributed by atoms with van der Waals surface area (Å²) in [6.45, 7) is -0.150. The molecule has 1 aromatic carbocycles. The number of amides is 2. The zero-order valence-corrected chi connectivity index (χ0v) is 14.4. The minimum Gasteiger partial charge on any atom is -0.495 e. The van der Waals surface area contributed by atoms with Gasteiger partial charge in [0.05, 0.1) is 23.8 Å². The third-order valence-corrected chi connectivity index (χ3v) is 3.77. The Balaban J connectivity index is 2.69. The van der Waals surface area contributed by atoms with Crippen LogP contribution in [-0.4, -0.2) is 44.0 Å². The third kappa shape index (κ3) is 5.18. The van der Waals surface area contributed by atoms with Crippen LogP contribution in [0.2, 0.25) is 0 Å². The SMILES string of the molecule is COc1cc(NC(=O)NCC(OC)C(=O)O)c(Br)cc1Br. The van der Waals surface area contributed by atoms with E-state index >= 15 is 0 Å². The normalized spacial score (nSPS) is 11.6. The molecule has 1 atom stereocenters. The second-order valence-electron chi connectivity index (χ2n) is 3.86. The van der Waals surface area contributed by atoms with Crippen LogP contribution < -0.4 is 15.4 Å². The molecule has 0 bridgehead atoms. The van der Waals surface area contributed by atoms with Gasteiger partial charge in [-0.05, 0) is 37.9 Å². The van der Waals surface area contributed by atoms with Crippen LogP contribution in [0.25, 0.3) is 0 Å². The largest absolute Gasteiger partial charge is 0.495 e. The first-order valence-corrected chi connectivity index (χ1v) is 7.31. The second kappa shape index (κ2) is 8.20. The van der Waals surface area contributed by atoms with Crippen molar-refractivity contribution in [1.29, 1.82) is 0 Å². The summed E-state index contributed by atoms with van der Waals surface area (Å²) in [6, 6.07) is 2.80. The minimum atomic E-state index is -1.15. The number of halogens is 2. The lowest BCUT2D eigenvalue weighted by molar-refractivity contribution is -0.147. The molecule has 1 aromatic rings. The minimum absolute atomic E-state index is 0.150. The average molecular weight is 426 g/mol. The Bertz CT molecular complexity index is 539. The first-order valence-electron chi connectivity index (χ1n) is 5.72. The first kappa shape index (κ1) is 17.7. The molecule has 1 unspecified atom stereocenters. The lowest BCUT2D eigenvalue weighted by atomic mass is 10.3. The van der Waals surface area contributed by atoms with Crippen molar-refractivity contribution in [2.75, 3.05) is 26.1 Å². The summed E-state index contributed by atoms with van der Waals surface area (Å²) < 4.78 is 11.2. The van der Waals surface area contributed by atoms with Crippen LogP contribution in [0.1, 0.15) is 0 Å². The Hall–Kier alpha value is -1.32. The summed E-state index contributed by atoms with van der Waals surface area (Å²) in [6.07, 6.45) is -1.10. The van der Waals surface area contributed by atoms with Gasteiger partial charge in [0.1, 0.15) is 5.75 Å². The first-order chi connectivity index (χ1) is 9.88. The molecule has 0 saturated carbocycles. The molecule has 7 nitrogen and oxygen atoms in total. The Labute approximate surface area is 138 Å². The van der Waals surface area contributed by atoms with E-state index in [4.69, 9.17) is 14.6 Å². The molecule has 0 fully saturated rings. The van der Waals surface area contributed by atoms with E-state index in [0.29, 0.717) is 15.9 Å². The van der Waals surface area contributed by atoms with Crippen molar-refractivity contribution in [1.82, 2.24) is 5.32 Å². The number of hydrogen-bond acceptors (Lipinski definition) is 4. The summed E-state index contributed by atoms with van der Waals surface area (Å²) in [4.78, 5) is 22.5. The Morgan fingerprint density at radius 1 is 1.29 bits per heavy atom. The topological polar surface area (TPSA) is 96.9 Å². The van der Waals surface area contributed by atoms with Crippen LogP contribution in [0.3, 0.4) is 0 Å². The molecule has 0 aliphatic rings. The number of carbonyl (C=O) groups excluding carboxylic acids is 1. The number of anilines is 1. The molecule has 0 aliphatic carbocycles. The number of urea groups is 1. The van der Waals surface area contributed by atoms with Gasteiger partial charge in [-0.2, -0.15) is 0 Å². The van der Waals surface area contributed by atoms with Crippen LogP contribution in [0.4, 0.5) is 10.5 Å².